The summed E-state index contributed by atoms with van der Waals surface area (Å²) in [6.07, 6.45) is 1.95. The van der Waals surface area contributed by atoms with Crippen LogP contribution in [-0.2, 0) is 5.41 Å². The van der Waals surface area contributed by atoms with Crippen molar-refractivity contribution < 1.29 is 0 Å². The minimum Gasteiger partial charge on any atom is -0.364 e. The first-order valence-corrected chi connectivity index (χ1v) is 8.79. The maximum atomic E-state index is 4.92. The van der Waals surface area contributed by atoms with Crippen LogP contribution in [0.5, 0.6) is 0 Å². The molecule has 0 aliphatic rings. The SMILES string of the molecule is CC(C)(c1cccc(-c2cccc(-c3ccccc3)n2)n1)c1ccc[nH]1. The van der Waals surface area contributed by atoms with E-state index in [1.807, 2.05) is 54.7 Å². The van der Waals surface area contributed by atoms with Crippen molar-refractivity contribution >= 4 is 0 Å². The van der Waals surface area contributed by atoms with Gasteiger partial charge < -0.3 is 4.98 Å². The highest BCUT2D eigenvalue weighted by molar-refractivity contribution is 5.64. The normalized spacial score (nSPS) is 11.5. The summed E-state index contributed by atoms with van der Waals surface area (Å²) in [5, 5.41) is 0. The average molecular weight is 339 g/mol. The number of aromatic nitrogens is 3. The lowest BCUT2D eigenvalue weighted by Crippen LogP contribution is -2.21. The Labute approximate surface area is 153 Å². The van der Waals surface area contributed by atoms with E-state index >= 15 is 0 Å². The van der Waals surface area contributed by atoms with Gasteiger partial charge in [-0.2, -0.15) is 0 Å². The topological polar surface area (TPSA) is 41.6 Å². The van der Waals surface area contributed by atoms with Gasteiger partial charge in [0.1, 0.15) is 0 Å². The highest BCUT2D eigenvalue weighted by Crippen LogP contribution is 2.30. The maximum Gasteiger partial charge on any atom is 0.0893 e. The van der Waals surface area contributed by atoms with Gasteiger partial charge in [0.2, 0.25) is 0 Å². The number of nitrogens with one attached hydrogen (secondary N) is 1. The van der Waals surface area contributed by atoms with E-state index in [4.69, 9.17) is 9.97 Å². The monoisotopic (exact) mass is 339 g/mol. The first kappa shape index (κ1) is 16.3. The van der Waals surface area contributed by atoms with Crippen LogP contribution < -0.4 is 0 Å². The number of hydrogen-bond acceptors (Lipinski definition) is 2. The van der Waals surface area contributed by atoms with Crippen LogP contribution in [-0.4, -0.2) is 15.0 Å². The van der Waals surface area contributed by atoms with Crippen LogP contribution in [0, 0.1) is 0 Å². The standard InChI is InChI=1S/C23H21N3/c1-23(2,21-15-8-16-24-21)22-14-7-13-20(26-22)19-12-6-11-18(25-19)17-9-4-3-5-10-17/h3-16,24H,1-2H3. The number of rotatable bonds is 4. The third-order valence-electron chi connectivity index (χ3n) is 4.74. The molecule has 0 saturated heterocycles. The molecular weight excluding hydrogens is 318 g/mol. The van der Waals surface area contributed by atoms with E-state index in [2.05, 4.69) is 49.2 Å². The molecule has 0 saturated carbocycles. The quantitative estimate of drug-likeness (QED) is 0.536. The first-order chi connectivity index (χ1) is 12.6. The molecule has 1 N–H and O–H groups in total. The summed E-state index contributed by atoms with van der Waals surface area (Å²) in [4.78, 5) is 13.1. The molecule has 26 heavy (non-hydrogen) atoms. The fourth-order valence-electron chi connectivity index (χ4n) is 3.13. The molecule has 0 atom stereocenters. The minimum absolute atomic E-state index is 0.198. The van der Waals surface area contributed by atoms with Crippen molar-refractivity contribution in [2.45, 2.75) is 19.3 Å². The van der Waals surface area contributed by atoms with E-state index in [1.54, 1.807) is 0 Å². The highest BCUT2D eigenvalue weighted by atomic mass is 14.8. The van der Waals surface area contributed by atoms with Gasteiger partial charge in [-0.1, -0.05) is 42.5 Å². The van der Waals surface area contributed by atoms with Crippen molar-refractivity contribution in [3.05, 3.63) is 96.4 Å². The maximum absolute atomic E-state index is 4.92. The summed E-state index contributed by atoms with van der Waals surface area (Å²) in [7, 11) is 0. The number of nitrogens with zero attached hydrogens (tertiary/aromatic N) is 2. The molecule has 128 valence electrons. The van der Waals surface area contributed by atoms with Gasteiger partial charge in [-0.05, 0) is 50.2 Å². The van der Waals surface area contributed by atoms with Gasteiger partial charge in [0.15, 0.2) is 0 Å². The summed E-state index contributed by atoms with van der Waals surface area (Å²) in [6.45, 7) is 4.36. The molecule has 3 heterocycles. The Morgan fingerprint density at radius 2 is 1.35 bits per heavy atom. The van der Waals surface area contributed by atoms with Crippen LogP contribution in [0.2, 0.25) is 0 Å². The summed E-state index contributed by atoms with van der Waals surface area (Å²) >= 11 is 0. The van der Waals surface area contributed by atoms with Crippen LogP contribution in [0.4, 0.5) is 0 Å². The van der Waals surface area contributed by atoms with Gasteiger partial charge in [-0.3, -0.25) is 4.98 Å². The molecule has 1 aromatic carbocycles. The van der Waals surface area contributed by atoms with E-state index in [9.17, 15) is 0 Å². The zero-order valence-corrected chi connectivity index (χ0v) is 15.0. The molecule has 3 heteroatoms. The van der Waals surface area contributed by atoms with Crippen molar-refractivity contribution in [1.29, 1.82) is 0 Å². The largest absolute Gasteiger partial charge is 0.364 e. The lowest BCUT2D eigenvalue weighted by Gasteiger charge is -2.23. The fraction of sp³-hybridized carbons (Fsp3) is 0.130. The second-order valence-electron chi connectivity index (χ2n) is 6.89. The van der Waals surface area contributed by atoms with Crippen LogP contribution in [0.3, 0.4) is 0 Å². The van der Waals surface area contributed by atoms with Gasteiger partial charge in [0.05, 0.1) is 22.8 Å². The molecule has 3 aromatic heterocycles. The minimum atomic E-state index is -0.198. The van der Waals surface area contributed by atoms with E-state index in [0.29, 0.717) is 0 Å². The van der Waals surface area contributed by atoms with Crippen molar-refractivity contribution in [1.82, 2.24) is 15.0 Å². The molecule has 4 aromatic rings. The van der Waals surface area contributed by atoms with Gasteiger partial charge in [-0.25, -0.2) is 4.98 Å². The number of hydrogen-bond donors (Lipinski definition) is 1. The van der Waals surface area contributed by atoms with Crippen LogP contribution in [0.25, 0.3) is 22.6 Å². The van der Waals surface area contributed by atoms with Gasteiger partial charge in [0.25, 0.3) is 0 Å². The summed E-state index contributed by atoms with van der Waals surface area (Å²) in [5.74, 6) is 0. The van der Waals surface area contributed by atoms with E-state index in [0.717, 1.165) is 34.0 Å². The molecule has 3 nitrogen and oxygen atoms in total. The summed E-state index contributed by atoms with van der Waals surface area (Å²) in [5.41, 5.74) is 5.81. The highest BCUT2D eigenvalue weighted by Gasteiger charge is 2.26. The number of pyridine rings is 2. The average Bonchev–Trinajstić information content (AvgIpc) is 3.25. The molecule has 0 bridgehead atoms. The molecule has 0 spiro atoms. The Bertz CT molecular complexity index is 1000. The predicted octanol–water partition coefficient (Wildman–Crippen LogP) is 5.46. The first-order valence-electron chi connectivity index (χ1n) is 8.79. The fourth-order valence-corrected chi connectivity index (χ4v) is 3.13. The third kappa shape index (κ3) is 3.04. The molecule has 0 unspecified atom stereocenters. The molecule has 0 aliphatic carbocycles. The van der Waals surface area contributed by atoms with Crippen LogP contribution in [0.1, 0.15) is 25.2 Å². The Balaban J connectivity index is 1.74. The van der Waals surface area contributed by atoms with Crippen molar-refractivity contribution in [3.8, 4) is 22.6 Å². The van der Waals surface area contributed by atoms with Gasteiger partial charge in [-0.15, -0.1) is 0 Å². The lowest BCUT2D eigenvalue weighted by molar-refractivity contribution is 0.600. The van der Waals surface area contributed by atoms with E-state index in [1.165, 1.54) is 0 Å². The lowest BCUT2D eigenvalue weighted by atomic mass is 9.85. The molecular formula is C23H21N3. The van der Waals surface area contributed by atoms with Crippen molar-refractivity contribution in [2.24, 2.45) is 0 Å². The zero-order chi connectivity index (χ0) is 18.0. The number of benzene rings is 1. The molecule has 0 radical (unpaired) electrons. The van der Waals surface area contributed by atoms with Crippen molar-refractivity contribution in [2.75, 3.05) is 0 Å². The number of H-pyrrole nitrogens is 1. The van der Waals surface area contributed by atoms with Gasteiger partial charge in [0, 0.05) is 22.9 Å². The third-order valence-corrected chi connectivity index (χ3v) is 4.74. The number of aromatic amines is 1. The molecule has 0 fully saturated rings. The predicted molar refractivity (Wildman–Crippen MR) is 106 cm³/mol. The van der Waals surface area contributed by atoms with Crippen LogP contribution >= 0.6 is 0 Å². The second-order valence-corrected chi connectivity index (χ2v) is 6.89. The zero-order valence-electron chi connectivity index (χ0n) is 15.0. The Morgan fingerprint density at radius 1 is 0.654 bits per heavy atom. The summed E-state index contributed by atoms with van der Waals surface area (Å²) < 4.78 is 0. The van der Waals surface area contributed by atoms with Crippen LogP contribution in [0.15, 0.2) is 85.1 Å². The molecule has 0 amide bonds. The Kier molecular flexibility index (Phi) is 4.13. The summed E-state index contributed by atoms with van der Waals surface area (Å²) in [6, 6.07) is 26.6. The smallest absolute Gasteiger partial charge is 0.0893 e. The van der Waals surface area contributed by atoms with E-state index in [-0.39, 0.29) is 5.41 Å². The Hall–Kier alpha value is -3.20. The molecule has 0 aliphatic heterocycles. The van der Waals surface area contributed by atoms with Gasteiger partial charge >= 0.3 is 0 Å². The van der Waals surface area contributed by atoms with Crippen molar-refractivity contribution in [3.63, 3.8) is 0 Å². The second kappa shape index (κ2) is 6.60. The van der Waals surface area contributed by atoms with E-state index < -0.39 is 0 Å². The molecule has 4 rings (SSSR count). The Morgan fingerprint density at radius 3 is 2.08 bits per heavy atom.